The topological polar surface area (TPSA) is 86.8 Å². The highest BCUT2D eigenvalue weighted by molar-refractivity contribution is 5.92. The Hall–Kier alpha value is -3.06. The van der Waals surface area contributed by atoms with Crippen LogP contribution in [0.2, 0.25) is 0 Å². The van der Waals surface area contributed by atoms with Gasteiger partial charge in [-0.25, -0.2) is 4.98 Å². The zero-order valence-electron chi connectivity index (χ0n) is 14.2. The van der Waals surface area contributed by atoms with Crippen molar-refractivity contribution in [3.05, 3.63) is 60.2 Å². The van der Waals surface area contributed by atoms with Gasteiger partial charge < -0.3 is 5.32 Å². The summed E-state index contributed by atoms with van der Waals surface area (Å²) in [5.41, 5.74) is 2.70. The fraction of sp³-hybridized carbons (Fsp3) is 0.222. The summed E-state index contributed by atoms with van der Waals surface area (Å²) in [7, 11) is 1.91. The number of H-pyrrole nitrogens is 1. The van der Waals surface area contributed by atoms with E-state index in [1.165, 1.54) is 0 Å². The number of aryl methyl sites for hydroxylation is 1. The monoisotopic (exact) mass is 336 g/mol. The number of benzene rings is 1. The molecule has 0 aliphatic carbocycles. The van der Waals surface area contributed by atoms with E-state index in [1.54, 1.807) is 12.4 Å². The molecule has 25 heavy (non-hydrogen) atoms. The van der Waals surface area contributed by atoms with Gasteiger partial charge in [0.05, 0.1) is 6.54 Å². The van der Waals surface area contributed by atoms with Gasteiger partial charge in [-0.15, -0.1) is 0 Å². The summed E-state index contributed by atoms with van der Waals surface area (Å²) in [5.74, 6) is 1.30. The van der Waals surface area contributed by atoms with E-state index in [0.29, 0.717) is 18.9 Å². The molecule has 0 bridgehead atoms. The zero-order chi connectivity index (χ0) is 17.6. The lowest BCUT2D eigenvalue weighted by Gasteiger charge is -2.16. The Morgan fingerprint density at radius 2 is 2.04 bits per heavy atom. The Kier molecular flexibility index (Phi) is 5.15. The van der Waals surface area contributed by atoms with Crippen molar-refractivity contribution in [2.45, 2.75) is 13.5 Å². The first-order valence-corrected chi connectivity index (χ1v) is 7.97. The maximum atomic E-state index is 12.3. The second kappa shape index (κ2) is 7.67. The van der Waals surface area contributed by atoms with Gasteiger partial charge in [0.15, 0.2) is 5.82 Å². The molecular weight excluding hydrogens is 316 g/mol. The van der Waals surface area contributed by atoms with Crippen LogP contribution < -0.4 is 5.32 Å². The fourth-order valence-electron chi connectivity index (χ4n) is 2.51. The Labute approximate surface area is 146 Å². The van der Waals surface area contributed by atoms with Gasteiger partial charge in [-0.05, 0) is 43.8 Å². The van der Waals surface area contributed by atoms with Crippen molar-refractivity contribution in [2.24, 2.45) is 0 Å². The molecular formula is C18H20N6O. The van der Waals surface area contributed by atoms with Crippen LogP contribution in [0.1, 0.15) is 11.4 Å². The number of carbonyl (C=O) groups excluding carboxylic acids is 1. The number of nitrogens with one attached hydrogen (secondary N) is 2. The number of anilines is 1. The minimum absolute atomic E-state index is 0.0696. The molecule has 0 aliphatic heterocycles. The predicted octanol–water partition coefficient (Wildman–Crippen LogP) is 2.25. The van der Waals surface area contributed by atoms with E-state index in [4.69, 9.17) is 0 Å². The molecule has 128 valence electrons. The zero-order valence-corrected chi connectivity index (χ0v) is 14.2. The number of pyridine rings is 1. The van der Waals surface area contributed by atoms with Crippen molar-refractivity contribution in [2.75, 3.05) is 18.9 Å². The Morgan fingerprint density at radius 3 is 2.76 bits per heavy atom. The van der Waals surface area contributed by atoms with Crippen LogP contribution in [-0.2, 0) is 11.3 Å². The van der Waals surface area contributed by atoms with Crippen LogP contribution in [0.4, 0.5) is 5.69 Å². The molecule has 0 fully saturated rings. The highest BCUT2D eigenvalue weighted by Gasteiger charge is 2.09. The molecule has 0 aliphatic rings. The van der Waals surface area contributed by atoms with Crippen molar-refractivity contribution in [3.8, 4) is 11.4 Å². The van der Waals surface area contributed by atoms with Crippen molar-refractivity contribution in [1.29, 1.82) is 0 Å². The van der Waals surface area contributed by atoms with Gasteiger partial charge in [0.2, 0.25) is 5.91 Å². The minimum Gasteiger partial charge on any atom is -0.325 e. The van der Waals surface area contributed by atoms with Gasteiger partial charge >= 0.3 is 0 Å². The first-order chi connectivity index (χ1) is 12.1. The van der Waals surface area contributed by atoms with E-state index >= 15 is 0 Å². The van der Waals surface area contributed by atoms with Crippen molar-refractivity contribution < 1.29 is 4.79 Å². The molecule has 3 rings (SSSR count). The average molecular weight is 336 g/mol. The van der Waals surface area contributed by atoms with E-state index in [1.807, 2.05) is 55.3 Å². The number of carbonyl (C=O) groups is 1. The molecule has 3 aromatic rings. The van der Waals surface area contributed by atoms with Crippen molar-refractivity contribution >= 4 is 11.6 Å². The molecule has 0 saturated heterocycles. The van der Waals surface area contributed by atoms with Crippen molar-refractivity contribution in [1.82, 2.24) is 25.1 Å². The average Bonchev–Trinajstić information content (AvgIpc) is 3.02. The smallest absolute Gasteiger partial charge is 0.238 e. The molecule has 0 radical (unpaired) electrons. The first kappa shape index (κ1) is 16.8. The summed E-state index contributed by atoms with van der Waals surface area (Å²) in [5, 5.41) is 9.87. The number of hydrogen-bond donors (Lipinski definition) is 2. The lowest BCUT2D eigenvalue weighted by Crippen LogP contribution is -2.29. The van der Waals surface area contributed by atoms with Crippen molar-refractivity contribution in [3.63, 3.8) is 0 Å². The Bertz CT molecular complexity index is 846. The van der Waals surface area contributed by atoms with Crippen LogP contribution in [0.15, 0.2) is 48.8 Å². The van der Waals surface area contributed by atoms with Gasteiger partial charge in [0.25, 0.3) is 0 Å². The predicted molar refractivity (Wildman–Crippen MR) is 95.8 cm³/mol. The normalized spacial score (nSPS) is 10.8. The lowest BCUT2D eigenvalue weighted by atomic mass is 10.2. The summed E-state index contributed by atoms with van der Waals surface area (Å²) >= 11 is 0. The summed E-state index contributed by atoms with van der Waals surface area (Å²) in [6.45, 7) is 2.83. The molecule has 2 N–H and O–H groups in total. The SMILES string of the molecule is Cc1nc(-c2cccc(NC(=O)CN(C)Cc3ccncc3)c2)n[nH]1. The molecule has 0 atom stereocenters. The molecule has 0 spiro atoms. The van der Waals surface area contributed by atoms with E-state index < -0.39 is 0 Å². The molecule has 0 unspecified atom stereocenters. The molecule has 7 heteroatoms. The number of likely N-dealkylation sites (N-methyl/N-ethyl adjacent to an activating group) is 1. The van der Waals surface area contributed by atoms with Crippen LogP contribution in [0.25, 0.3) is 11.4 Å². The van der Waals surface area contributed by atoms with Crippen LogP contribution in [-0.4, -0.2) is 44.6 Å². The number of aromatic amines is 1. The number of amides is 1. The van der Waals surface area contributed by atoms with Crippen LogP contribution in [0.5, 0.6) is 0 Å². The van der Waals surface area contributed by atoms with Gasteiger partial charge in [0, 0.05) is 30.2 Å². The Morgan fingerprint density at radius 1 is 1.24 bits per heavy atom. The van der Waals surface area contributed by atoms with E-state index in [-0.39, 0.29) is 5.91 Å². The molecule has 7 nitrogen and oxygen atoms in total. The second-order valence-corrected chi connectivity index (χ2v) is 5.90. The molecule has 1 aromatic carbocycles. The number of hydrogen-bond acceptors (Lipinski definition) is 5. The lowest BCUT2D eigenvalue weighted by molar-refractivity contribution is -0.117. The van der Waals surface area contributed by atoms with E-state index in [2.05, 4.69) is 25.5 Å². The first-order valence-electron chi connectivity index (χ1n) is 7.97. The molecule has 2 aromatic heterocycles. The van der Waals surface area contributed by atoms with Gasteiger partial charge in [-0.3, -0.25) is 19.8 Å². The minimum atomic E-state index is -0.0696. The summed E-state index contributed by atoms with van der Waals surface area (Å²) < 4.78 is 0. The number of rotatable bonds is 6. The van der Waals surface area contributed by atoms with Crippen LogP contribution in [0.3, 0.4) is 0 Å². The third kappa shape index (κ3) is 4.71. The van der Waals surface area contributed by atoms with E-state index in [9.17, 15) is 4.79 Å². The largest absolute Gasteiger partial charge is 0.325 e. The summed E-state index contributed by atoms with van der Waals surface area (Å²) in [4.78, 5) is 22.5. The van der Waals surface area contributed by atoms with Gasteiger partial charge in [-0.2, -0.15) is 5.10 Å². The maximum Gasteiger partial charge on any atom is 0.238 e. The quantitative estimate of drug-likeness (QED) is 0.721. The summed E-state index contributed by atoms with van der Waals surface area (Å²) in [6, 6.07) is 11.4. The van der Waals surface area contributed by atoms with Crippen LogP contribution in [0, 0.1) is 6.92 Å². The van der Waals surface area contributed by atoms with Crippen LogP contribution >= 0.6 is 0 Å². The highest BCUT2D eigenvalue weighted by atomic mass is 16.2. The van der Waals surface area contributed by atoms with Gasteiger partial charge in [-0.1, -0.05) is 12.1 Å². The molecule has 0 saturated carbocycles. The Balaban J connectivity index is 1.59. The van der Waals surface area contributed by atoms with E-state index in [0.717, 1.165) is 22.6 Å². The molecule has 1 amide bonds. The number of aromatic nitrogens is 4. The fourth-order valence-corrected chi connectivity index (χ4v) is 2.51. The third-order valence-electron chi connectivity index (χ3n) is 3.62. The highest BCUT2D eigenvalue weighted by Crippen LogP contribution is 2.19. The third-order valence-corrected chi connectivity index (χ3v) is 3.62. The second-order valence-electron chi connectivity index (χ2n) is 5.90. The molecule has 2 heterocycles. The summed E-state index contributed by atoms with van der Waals surface area (Å²) in [6.07, 6.45) is 3.50. The maximum absolute atomic E-state index is 12.3. The standard InChI is InChI=1S/C18H20N6O/c1-13-20-18(23-22-13)15-4-3-5-16(10-15)21-17(25)12-24(2)11-14-6-8-19-9-7-14/h3-10H,11-12H2,1-2H3,(H,21,25)(H,20,22,23). The van der Waals surface area contributed by atoms with Gasteiger partial charge in [0.1, 0.15) is 5.82 Å². The number of nitrogens with zero attached hydrogens (tertiary/aromatic N) is 4.